The predicted molar refractivity (Wildman–Crippen MR) is 105 cm³/mol. The molecule has 0 saturated heterocycles. The van der Waals surface area contributed by atoms with Gasteiger partial charge in [-0.2, -0.15) is 0 Å². The number of rotatable bonds is 3. The van der Waals surface area contributed by atoms with Crippen LogP contribution < -0.4 is 9.47 Å². The van der Waals surface area contributed by atoms with E-state index in [1.54, 1.807) is 14.2 Å². The van der Waals surface area contributed by atoms with Crippen molar-refractivity contribution in [2.75, 3.05) is 14.2 Å². The third kappa shape index (κ3) is 2.63. The fraction of sp³-hybridized carbons (Fsp3) is 0.304. The zero-order valence-corrected chi connectivity index (χ0v) is 15.7. The predicted octanol–water partition coefficient (Wildman–Crippen LogP) is 5.55. The minimum absolute atomic E-state index is 0.0108. The van der Waals surface area contributed by atoms with Crippen molar-refractivity contribution in [1.29, 1.82) is 0 Å². The van der Waals surface area contributed by atoms with Crippen molar-refractivity contribution in [3.63, 3.8) is 0 Å². The molecular formula is C23H24O3. The molecule has 0 unspecified atom stereocenters. The molecule has 0 spiro atoms. The van der Waals surface area contributed by atoms with Gasteiger partial charge in [0.15, 0.2) is 0 Å². The molecule has 4 rings (SSSR count). The normalized spacial score (nSPS) is 19.2. The van der Waals surface area contributed by atoms with Crippen molar-refractivity contribution >= 4 is 10.8 Å². The van der Waals surface area contributed by atoms with Crippen molar-refractivity contribution < 1.29 is 14.2 Å². The Hall–Kier alpha value is -2.52. The Bertz CT molecular complexity index is 956. The number of benzene rings is 3. The molecule has 3 aromatic rings. The molecule has 134 valence electrons. The van der Waals surface area contributed by atoms with E-state index in [0.717, 1.165) is 29.0 Å². The molecule has 26 heavy (non-hydrogen) atoms. The Kier molecular flexibility index (Phi) is 4.33. The zero-order chi connectivity index (χ0) is 18.3. The number of fused-ring (bicyclic) bond motifs is 2. The van der Waals surface area contributed by atoms with Gasteiger partial charge in [-0.1, -0.05) is 42.5 Å². The van der Waals surface area contributed by atoms with E-state index < -0.39 is 0 Å². The summed E-state index contributed by atoms with van der Waals surface area (Å²) in [5.41, 5.74) is 4.75. The number of ether oxygens (including phenoxy) is 3. The Morgan fingerprint density at radius 1 is 0.923 bits per heavy atom. The average Bonchev–Trinajstić information content (AvgIpc) is 2.66. The van der Waals surface area contributed by atoms with Crippen LogP contribution in [-0.2, 0) is 11.2 Å². The van der Waals surface area contributed by atoms with E-state index in [4.69, 9.17) is 14.2 Å². The molecule has 3 heteroatoms. The summed E-state index contributed by atoms with van der Waals surface area (Å²) in [6, 6.07) is 16.9. The van der Waals surface area contributed by atoms with Gasteiger partial charge >= 0.3 is 0 Å². The van der Waals surface area contributed by atoms with Gasteiger partial charge < -0.3 is 14.2 Å². The van der Waals surface area contributed by atoms with Gasteiger partial charge in [-0.15, -0.1) is 0 Å². The Morgan fingerprint density at radius 3 is 2.42 bits per heavy atom. The van der Waals surface area contributed by atoms with Crippen LogP contribution in [0.1, 0.15) is 31.1 Å². The highest BCUT2D eigenvalue weighted by Gasteiger charge is 2.30. The molecule has 0 saturated carbocycles. The van der Waals surface area contributed by atoms with Crippen molar-refractivity contribution in [2.24, 2.45) is 0 Å². The highest BCUT2D eigenvalue weighted by Crippen LogP contribution is 2.48. The van der Waals surface area contributed by atoms with Crippen LogP contribution in [-0.4, -0.2) is 20.3 Å². The van der Waals surface area contributed by atoms with Crippen molar-refractivity contribution in [1.82, 2.24) is 0 Å². The second kappa shape index (κ2) is 6.65. The molecule has 0 bridgehead atoms. The Morgan fingerprint density at radius 2 is 1.65 bits per heavy atom. The number of methoxy groups -OCH3 is 2. The Labute approximate surface area is 154 Å². The van der Waals surface area contributed by atoms with E-state index in [-0.39, 0.29) is 12.2 Å². The minimum Gasteiger partial charge on any atom is -0.496 e. The molecule has 0 amide bonds. The molecule has 0 fully saturated rings. The lowest BCUT2D eigenvalue weighted by molar-refractivity contribution is -0.00594. The standard InChI is InChI=1S/C23H24O3/c1-14-12-19-22(15(2)26-14)20(24-3)13-21(25-4)23(19)18-11-7-9-16-8-5-6-10-17(16)18/h5-11,13-15H,12H2,1-4H3/t14-,15-/m0/s1. The van der Waals surface area contributed by atoms with Crippen LogP contribution in [0.3, 0.4) is 0 Å². The first-order chi connectivity index (χ1) is 12.6. The maximum absolute atomic E-state index is 6.09. The minimum atomic E-state index is -0.0108. The number of hydrogen-bond donors (Lipinski definition) is 0. The quantitative estimate of drug-likeness (QED) is 0.621. The summed E-state index contributed by atoms with van der Waals surface area (Å²) >= 11 is 0. The summed E-state index contributed by atoms with van der Waals surface area (Å²) in [7, 11) is 3.43. The lowest BCUT2D eigenvalue weighted by atomic mass is 9.85. The summed E-state index contributed by atoms with van der Waals surface area (Å²) in [5.74, 6) is 1.68. The molecule has 2 atom stereocenters. The van der Waals surface area contributed by atoms with E-state index in [1.165, 1.54) is 21.9 Å². The molecule has 0 aliphatic carbocycles. The summed E-state index contributed by atoms with van der Waals surface area (Å²) in [6.45, 7) is 4.22. The van der Waals surface area contributed by atoms with Gasteiger partial charge in [0, 0.05) is 17.2 Å². The highest BCUT2D eigenvalue weighted by molar-refractivity contribution is 5.99. The fourth-order valence-electron chi connectivity index (χ4n) is 4.18. The molecule has 1 aliphatic rings. The van der Waals surface area contributed by atoms with Crippen molar-refractivity contribution in [2.45, 2.75) is 32.5 Å². The summed E-state index contributed by atoms with van der Waals surface area (Å²) in [5, 5.41) is 2.46. The highest BCUT2D eigenvalue weighted by atomic mass is 16.5. The van der Waals surface area contributed by atoms with Crippen LogP contribution in [0.25, 0.3) is 21.9 Å². The lowest BCUT2D eigenvalue weighted by Crippen LogP contribution is -2.23. The first kappa shape index (κ1) is 16.9. The van der Waals surface area contributed by atoms with Crippen LogP contribution in [0.15, 0.2) is 48.5 Å². The second-order valence-corrected chi connectivity index (χ2v) is 6.87. The van der Waals surface area contributed by atoms with Gasteiger partial charge in [0.05, 0.1) is 26.4 Å². The van der Waals surface area contributed by atoms with Crippen molar-refractivity contribution in [3.05, 3.63) is 59.7 Å². The van der Waals surface area contributed by atoms with Gasteiger partial charge in [0.2, 0.25) is 0 Å². The van der Waals surface area contributed by atoms with Gasteiger partial charge in [0.1, 0.15) is 11.5 Å². The van der Waals surface area contributed by atoms with E-state index >= 15 is 0 Å². The van der Waals surface area contributed by atoms with E-state index in [9.17, 15) is 0 Å². The SMILES string of the molecule is COc1cc(OC)c2c(c1-c1cccc3ccccc13)C[C@H](C)O[C@H]2C. The van der Waals surface area contributed by atoms with Gasteiger partial charge in [-0.25, -0.2) is 0 Å². The third-order valence-corrected chi connectivity index (χ3v) is 5.23. The average molecular weight is 348 g/mol. The van der Waals surface area contributed by atoms with Crippen LogP contribution in [0.2, 0.25) is 0 Å². The van der Waals surface area contributed by atoms with E-state index in [0.29, 0.717) is 0 Å². The summed E-state index contributed by atoms with van der Waals surface area (Å²) < 4.78 is 17.6. The molecule has 0 radical (unpaired) electrons. The fourth-order valence-corrected chi connectivity index (χ4v) is 4.18. The van der Waals surface area contributed by atoms with E-state index in [1.807, 2.05) is 6.07 Å². The maximum atomic E-state index is 6.09. The smallest absolute Gasteiger partial charge is 0.130 e. The van der Waals surface area contributed by atoms with Crippen LogP contribution in [0.5, 0.6) is 11.5 Å². The van der Waals surface area contributed by atoms with Crippen LogP contribution in [0.4, 0.5) is 0 Å². The first-order valence-electron chi connectivity index (χ1n) is 9.05. The molecular weight excluding hydrogens is 324 g/mol. The largest absolute Gasteiger partial charge is 0.496 e. The van der Waals surface area contributed by atoms with Crippen LogP contribution >= 0.6 is 0 Å². The molecule has 0 aromatic heterocycles. The zero-order valence-electron chi connectivity index (χ0n) is 15.7. The molecule has 0 N–H and O–H groups in total. The number of hydrogen-bond acceptors (Lipinski definition) is 3. The third-order valence-electron chi connectivity index (χ3n) is 5.23. The summed E-state index contributed by atoms with van der Waals surface area (Å²) in [6.07, 6.45) is 0.984. The monoisotopic (exact) mass is 348 g/mol. The van der Waals surface area contributed by atoms with Gasteiger partial charge in [0.25, 0.3) is 0 Å². The van der Waals surface area contributed by atoms with Gasteiger partial charge in [-0.3, -0.25) is 0 Å². The molecule has 3 aromatic carbocycles. The molecule has 3 nitrogen and oxygen atoms in total. The van der Waals surface area contributed by atoms with Gasteiger partial charge in [-0.05, 0) is 42.2 Å². The molecule has 1 aliphatic heterocycles. The van der Waals surface area contributed by atoms with Crippen molar-refractivity contribution in [3.8, 4) is 22.6 Å². The summed E-state index contributed by atoms with van der Waals surface area (Å²) in [4.78, 5) is 0. The Balaban J connectivity index is 2.09. The van der Waals surface area contributed by atoms with E-state index in [2.05, 4.69) is 56.3 Å². The first-order valence-corrected chi connectivity index (χ1v) is 9.05. The molecule has 1 heterocycles. The van der Waals surface area contributed by atoms with Crippen LogP contribution in [0, 0.1) is 0 Å². The lowest BCUT2D eigenvalue weighted by Gasteiger charge is -2.32. The topological polar surface area (TPSA) is 27.7 Å². The maximum Gasteiger partial charge on any atom is 0.130 e. The second-order valence-electron chi connectivity index (χ2n) is 6.87.